The van der Waals surface area contributed by atoms with Crippen molar-refractivity contribution in [2.24, 2.45) is 34.8 Å². The second-order valence-corrected chi connectivity index (χ2v) is 31.9. The number of ether oxygens (including phenoxy) is 5. The van der Waals surface area contributed by atoms with Crippen LogP contribution in [0.25, 0.3) is 0 Å². The minimum absolute atomic E-state index is 0.0192. The Morgan fingerprint density at radius 3 is 2.04 bits per heavy atom. The zero-order chi connectivity index (χ0) is 85.0. The van der Waals surface area contributed by atoms with Crippen molar-refractivity contribution in [3.05, 3.63) is 70.7 Å². The summed E-state index contributed by atoms with van der Waals surface area (Å²) in [5.74, 6) is -8.16. The van der Waals surface area contributed by atoms with E-state index in [9.17, 15) is 71.8 Å². The van der Waals surface area contributed by atoms with Gasteiger partial charge in [-0.05, 0) is 117 Å². The average Bonchev–Trinajstić information content (AvgIpc) is 1.62. The Morgan fingerprint density at radius 2 is 1.46 bits per heavy atom. The number of halogens is 1. The number of likely N-dealkylation sites (N-methyl/N-ethyl adjacent to an activating group) is 3. The molecule has 5 rings (SSSR count). The number of Topliss-reactive ketones (excluding diaryl/α,β-unsaturated/α-hetero) is 1. The van der Waals surface area contributed by atoms with Gasteiger partial charge in [-0.25, -0.2) is 18.8 Å². The molecule has 1 saturated carbocycles. The molecule has 35 heteroatoms. The number of nitrogens with two attached hydrogens (primary N) is 1. The Balaban J connectivity index is 1.17. The van der Waals surface area contributed by atoms with Crippen molar-refractivity contribution in [1.82, 2.24) is 56.4 Å². The fraction of sp³-hybridized carbons (Fsp3) is 0.646. The Bertz CT molecular complexity index is 3730. The van der Waals surface area contributed by atoms with E-state index in [0.717, 1.165) is 24.5 Å². The maximum atomic E-state index is 15.0. The van der Waals surface area contributed by atoms with Crippen LogP contribution in [0.4, 0.5) is 24.5 Å². The van der Waals surface area contributed by atoms with Gasteiger partial charge in [0.1, 0.15) is 36.5 Å². The van der Waals surface area contributed by atoms with Crippen molar-refractivity contribution >= 4 is 101 Å². The Morgan fingerprint density at radius 1 is 0.789 bits per heavy atom. The number of primary amides is 1. The van der Waals surface area contributed by atoms with Crippen LogP contribution >= 0.6 is 11.8 Å². The number of amides is 13. The number of likely N-dealkylation sites (tertiary alicyclic amines) is 2. The number of anilines is 1. The number of allylic oxidation sites excluding steroid dienone is 1. The van der Waals surface area contributed by atoms with Gasteiger partial charge in [0.15, 0.2) is 17.3 Å². The highest BCUT2D eigenvalue weighted by molar-refractivity contribution is 8.00. The molecular weight excluding hydrogens is 1500 g/mol. The van der Waals surface area contributed by atoms with Crippen LogP contribution in [0.3, 0.4) is 0 Å². The van der Waals surface area contributed by atoms with Crippen molar-refractivity contribution in [2.45, 2.75) is 206 Å². The van der Waals surface area contributed by atoms with Crippen molar-refractivity contribution in [1.29, 1.82) is 0 Å². The number of nitrogens with zero attached hydrogens (tertiary/aromatic N) is 5. The van der Waals surface area contributed by atoms with E-state index in [-0.39, 0.29) is 125 Å². The zero-order valence-corrected chi connectivity index (χ0v) is 69.5. The van der Waals surface area contributed by atoms with E-state index in [0.29, 0.717) is 48.4 Å². The van der Waals surface area contributed by atoms with Crippen LogP contribution in [0, 0.1) is 34.9 Å². The largest absolute Gasteiger partial charge is 0.494 e. The predicted molar refractivity (Wildman–Crippen MR) is 422 cm³/mol. The number of hydrogen-bond acceptors (Lipinski definition) is 21. The van der Waals surface area contributed by atoms with Gasteiger partial charge in [0.05, 0.1) is 68.5 Å². The lowest BCUT2D eigenvalue weighted by molar-refractivity contribution is -0.147. The van der Waals surface area contributed by atoms with E-state index in [1.165, 1.54) is 71.9 Å². The molecule has 0 bridgehead atoms. The van der Waals surface area contributed by atoms with Crippen molar-refractivity contribution in [3.8, 4) is 5.75 Å². The van der Waals surface area contributed by atoms with Crippen molar-refractivity contribution in [3.63, 3.8) is 0 Å². The topological polar surface area (TPSA) is 432 Å². The molecule has 0 aromatic heterocycles. The fourth-order valence-electron chi connectivity index (χ4n) is 14.0. The van der Waals surface area contributed by atoms with Gasteiger partial charge in [-0.15, -0.1) is 11.8 Å². The number of hydrogen-bond donors (Lipinski definition) is 9. The van der Waals surface area contributed by atoms with Crippen LogP contribution in [-0.2, 0) is 73.5 Å². The molecule has 2 saturated heterocycles. The van der Waals surface area contributed by atoms with Gasteiger partial charge in [0.2, 0.25) is 47.3 Å². The first-order valence-corrected chi connectivity index (χ1v) is 39.8. The molecule has 10 N–H and O–H groups in total. The number of urea groups is 1. The number of carboxylic acids is 1. The van der Waals surface area contributed by atoms with Crippen LogP contribution in [0.15, 0.2) is 53.7 Å². The second-order valence-electron chi connectivity index (χ2n) is 30.7. The minimum Gasteiger partial charge on any atom is -0.494 e. The lowest BCUT2D eigenvalue weighted by atomic mass is 9.89. The summed E-state index contributed by atoms with van der Waals surface area (Å²) in [5, 5.41) is 27.6. The Labute approximate surface area is 671 Å². The van der Waals surface area contributed by atoms with E-state index >= 15 is 4.79 Å². The zero-order valence-electron chi connectivity index (χ0n) is 68.7. The van der Waals surface area contributed by atoms with E-state index < -0.39 is 149 Å². The first kappa shape index (κ1) is 95.0. The summed E-state index contributed by atoms with van der Waals surface area (Å²) >= 11 is 1.34. The quantitative estimate of drug-likeness (QED) is 0.0166. The summed E-state index contributed by atoms with van der Waals surface area (Å²) in [4.78, 5) is 194. The van der Waals surface area contributed by atoms with Crippen molar-refractivity contribution in [2.75, 3.05) is 99.9 Å². The molecule has 2 aromatic rings. The maximum Gasteiger partial charge on any atom is 0.409 e. The van der Waals surface area contributed by atoms with E-state index in [2.05, 4.69) is 37.2 Å². The second kappa shape index (κ2) is 45.5. The number of methoxy groups -OCH3 is 3. The van der Waals surface area contributed by atoms with Crippen LogP contribution in [-0.4, -0.2) is 261 Å². The average molecular weight is 1620 g/mol. The molecule has 3 aliphatic rings. The van der Waals surface area contributed by atoms with E-state index in [1.54, 1.807) is 84.9 Å². The molecular formula is C79H120FN13O20S. The summed E-state index contributed by atoms with van der Waals surface area (Å²) < 4.78 is 43.1. The van der Waals surface area contributed by atoms with Crippen LogP contribution in [0.2, 0.25) is 0 Å². The first-order valence-electron chi connectivity index (χ1n) is 38.8. The van der Waals surface area contributed by atoms with Gasteiger partial charge >= 0.3 is 24.2 Å². The van der Waals surface area contributed by atoms with Gasteiger partial charge < -0.3 is 91.3 Å². The number of unbranched alkanes of at least 4 members (excludes halogenated alkanes) is 2. The summed E-state index contributed by atoms with van der Waals surface area (Å²) in [6.45, 7) is 15.3. The summed E-state index contributed by atoms with van der Waals surface area (Å²) in [6, 6.07) is 4.33. The number of carbonyl (C=O) groups excluding carboxylic acids is 13. The van der Waals surface area contributed by atoms with Crippen molar-refractivity contribution < 1.29 is 100 Å². The number of nitrogens with one attached hydrogen (secondary N) is 7. The lowest BCUT2D eigenvalue weighted by Crippen LogP contribution is -2.58. The van der Waals surface area contributed by atoms with Gasteiger partial charge in [0, 0.05) is 105 Å². The van der Waals surface area contributed by atoms with Gasteiger partial charge in [-0.3, -0.25) is 57.6 Å². The van der Waals surface area contributed by atoms with Crippen LogP contribution in [0.1, 0.15) is 162 Å². The molecule has 2 aromatic carbocycles. The number of ketones is 1. The molecule has 5 unspecified atom stereocenters. The molecule has 0 spiro atoms. The number of carbonyl (C=O) groups is 14. The number of benzene rings is 2. The molecule has 33 nitrogen and oxygen atoms in total. The van der Waals surface area contributed by atoms with Gasteiger partial charge in [0.25, 0.3) is 5.91 Å². The third kappa shape index (κ3) is 28.4. The summed E-state index contributed by atoms with van der Waals surface area (Å²) in [6.07, 6.45) is -1.15. The Hall–Kier alpha value is -9.64. The Kier molecular flexibility index (Phi) is 37.9. The SMILES string of the molecule is CC[C@H](C)C([C@@H](CC(=O)N1C[C@@H](OC(=O)NCCN(C)C(=O)OCc2ccc(NC(=O)C(CCCNC(N)=O)NC(=O)C(NC(=O)CCCCCN3C(=O)CC(SCC4(CC(=O)O)CC4)C3=O)C(C)C)cc2)CC1[C@H](OC)[C@@H](C)C(=O)NCC(=O)c1ccc(OC)c(F)c1)OC)N(C)C(=O)[C@@H](NC(=O)C(=C(C)C)N(C)C)C(C)C. The maximum absolute atomic E-state index is 15.0. The normalized spacial score (nSPS) is 17.7. The summed E-state index contributed by atoms with van der Waals surface area (Å²) in [5.41, 5.74) is 6.89. The molecule has 0 radical (unpaired) electrons. The van der Waals surface area contributed by atoms with E-state index in [1.807, 2.05) is 27.7 Å². The highest BCUT2D eigenvalue weighted by atomic mass is 32.2. The summed E-state index contributed by atoms with van der Waals surface area (Å²) in [7, 11) is 10.6. The number of thioether (sulfide) groups is 1. The predicted octanol–water partition coefficient (Wildman–Crippen LogP) is 5.71. The minimum atomic E-state index is -1.15. The molecule has 13 amide bonds. The van der Waals surface area contributed by atoms with Gasteiger partial charge in [-0.1, -0.05) is 73.4 Å². The molecule has 2 heterocycles. The van der Waals surface area contributed by atoms with Gasteiger partial charge in [-0.2, -0.15) is 0 Å². The fourth-order valence-corrected chi connectivity index (χ4v) is 15.4. The third-order valence-corrected chi connectivity index (χ3v) is 22.4. The molecule has 2 aliphatic heterocycles. The number of imide groups is 1. The standard InChI is InChI=1S/C79H120FN13O20S/c1-17-48(8)68(91(13)75(105)66(46(4)5)88-73(103)67(47(6)7)89(10)11)59(110-15)38-62(96)93-42-53(37-56(93)69(111-16)49(9)70(100)84-41-57(94)51-26-29-58(109-14)54(80)36-51)113-77(107)83-33-35-90(12)78(108)112-43-50-24-27-52(28-25-50)85-71(101)55(22-21-32-82-76(81)106)86-72(102)65(45(2)3)87-61(95)23-19-18-20-34-92-63(97)39-60(74(92)104)114-44-79(30-31-79)40-64(98)99/h24-29,36,45-46,48-49,53,55-56,59-60,65-66,68-69H,17-23,30-35,37-44H2,1-16H3,(H,83,107)(H,84,100)(H,85,101)(H,86,102)(H,87,95)(H,88,103)(H,98,99)(H3,81,82,106)/t48-,49+,53-,55?,56?,59+,60?,65?,66-,68?,69+/m0/s1. The van der Waals surface area contributed by atoms with E-state index in [4.69, 9.17) is 29.4 Å². The number of rotatable bonds is 47. The highest BCUT2D eigenvalue weighted by Crippen LogP contribution is 2.52. The molecule has 634 valence electrons. The molecule has 114 heavy (non-hydrogen) atoms. The van der Waals surface area contributed by atoms with Crippen LogP contribution in [0.5, 0.6) is 5.75 Å². The molecule has 3 fully saturated rings. The number of alkyl carbamates (subject to hydrolysis) is 1. The number of carboxylic acid groups (broad SMARTS) is 1. The smallest absolute Gasteiger partial charge is 0.409 e. The molecule has 11 atom stereocenters. The highest BCUT2D eigenvalue weighted by Gasteiger charge is 2.49. The number of aliphatic carboxylic acids is 1. The third-order valence-electron chi connectivity index (χ3n) is 20.8. The molecule has 1 aliphatic carbocycles. The first-order chi connectivity index (χ1) is 53.8. The van der Waals surface area contributed by atoms with Crippen LogP contribution < -0.4 is 47.7 Å². The monoisotopic (exact) mass is 1620 g/mol. The lowest BCUT2D eigenvalue weighted by Gasteiger charge is -2.40.